The molecular formula is C29H56N2O4S2. The standard InChI is InChI=1S/C29H56N2O4S2/c1-8-9-10-11-12-13-14-15-16-17-18-19-20-21-25(36)37-24(22-30-26(32)34-28(2,3)4)23-31-27(33)35-29(5,6)7/h24H,8-23H2,1-7H3,(H,30,32)(H,31,33). The summed E-state index contributed by atoms with van der Waals surface area (Å²) in [5.74, 6) is 0. The van der Waals surface area contributed by atoms with Crippen LogP contribution in [-0.2, 0) is 9.47 Å². The molecule has 2 amide bonds. The summed E-state index contributed by atoms with van der Waals surface area (Å²) < 4.78 is 11.6. The molecule has 2 N–H and O–H groups in total. The van der Waals surface area contributed by atoms with E-state index in [1.807, 2.05) is 41.5 Å². The van der Waals surface area contributed by atoms with Gasteiger partial charge in [-0.1, -0.05) is 96.2 Å². The van der Waals surface area contributed by atoms with E-state index in [0.29, 0.717) is 13.1 Å². The average Bonchev–Trinajstić information content (AvgIpc) is 2.76. The number of carbonyl (C=O) groups is 2. The first-order chi connectivity index (χ1) is 17.3. The molecule has 0 aliphatic heterocycles. The van der Waals surface area contributed by atoms with E-state index in [9.17, 15) is 9.59 Å². The highest BCUT2D eigenvalue weighted by Gasteiger charge is 2.21. The lowest BCUT2D eigenvalue weighted by atomic mass is 10.0. The maximum Gasteiger partial charge on any atom is 0.407 e. The van der Waals surface area contributed by atoms with Crippen LogP contribution in [0.1, 0.15) is 138 Å². The molecule has 0 aromatic heterocycles. The van der Waals surface area contributed by atoms with Gasteiger partial charge >= 0.3 is 12.2 Å². The van der Waals surface area contributed by atoms with E-state index in [0.717, 1.165) is 17.0 Å². The summed E-state index contributed by atoms with van der Waals surface area (Å²) in [6.07, 6.45) is 17.1. The Morgan fingerprint density at radius 3 is 1.38 bits per heavy atom. The molecule has 0 unspecified atom stereocenters. The molecule has 0 aliphatic rings. The quantitative estimate of drug-likeness (QED) is 0.121. The van der Waals surface area contributed by atoms with Crippen LogP contribution in [0.2, 0.25) is 0 Å². The Labute approximate surface area is 237 Å². The number of thioether (sulfide) groups is 1. The van der Waals surface area contributed by atoms with Gasteiger partial charge in [0.05, 0.1) is 0 Å². The molecule has 218 valence electrons. The first-order valence-electron chi connectivity index (χ1n) is 14.5. The fraction of sp³-hybridized carbons (Fsp3) is 0.897. The number of amides is 2. The monoisotopic (exact) mass is 560 g/mol. The fourth-order valence-corrected chi connectivity index (χ4v) is 5.23. The average molecular weight is 561 g/mol. The number of thiocarbonyl (C=S) groups is 1. The van der Waals surface area contributed by atoms with Crippen LogP contribution in [0.25, 0.3) is 0 Å². The van der Waals surface area contributed by atoms with Gasteiger partial charge < -0.3 is 20.1 Å². The van der Waals surface area contributed by atoms with Gasteiger partial charge in [-0.3, -0.25) is 0 Å². The molecular weight excluding hydrogens is 504 g/mol. The minimum atomic E-state index is -0.564. The van der Waals surface area contributed by atoms with Crippen molar-refractivity contribution >= 4 is 40.4 Å². The number of rotatable bonds is 19. The van der Waals surface area contributed by atoms with Crippen molar-refractivity contribution in [2.75, 3.05) is 13.1 Å². The second-order valence-corrected chi connectivity index (χ2v) is 14.0. The number of carbonyl (C=O) groups excluding carboxylic acids is 2. The summed E-state index contributed by atoms with van der Waals surface area (Å²) in [7, 11) is 0. The lowest BCUT2D eigenvalue weighted by Gasteiger charge is -2.23. The van der Waals surface area contributed by atoms with Crippen LogP contribution in [-0.4, -0.2) is 45.9 Å². The van der Waals surface area contributed by atoms with Crippen LogP contribution < -0.4 is 10.6 Å². The summed E-state index contributed by atoms with van der Waals surface area (Å²) in [5.41, 5.74) is -1.13. The second-order valence-electron chi connectivity index (χ2n) is 11.9. The van der Waals surface area contributed by atoms with Crippen LogP contribution >= 0.6 is 24.0 Å². The fourth-order valence-electron chi connectivity index (χ4n) is 3.71. The van der Waals surface area contributed by atoms with Crippen molar-refractivity contribution < 1.29 is 19.1 Å². The lowest BCUT2D eigenvalue weighted by molar-refractivity contribution is 0.0526. The Bertz CT molecular complexity index is 598. The molecule has 0 aromatic carbocycles. The minimum absolute atomic E-state index is 0.102. The Kier molecular flexibility index (Phi) is 20.3. The van der Waals surface area contributed by atoms with Gasteiger partial charge in [0, 0.05) is 22.5 Å². The number of ether oxygens (including phenoxy) is 2. The van der Waals surface area contributed by atoms with Gasteiger partial charge in [-0.25, -0.2) is 9.59 Å². The van der Waals surface area contributed by atoms with Crippen LogP contribution in [0.3, 0.4) is 0 Å². The summed E-state index contributed by atoms with van der Waals surface area (Å²) >= 11 is 7.17. The zero-order valence-electron chi connectivity index (χ0n) is 24.8. The number of nitrogens with one attached hydrogen (secondary N) is 2. The molecule has 0 fully saturated rings. The molecule has 0 atom stereocenters. The van der Waals surface area contributed by atoms with Gasteiger partial charge in [-0.2, -0.15) is 0 Å². The summed E-state index contributed by atoms with van der Waals surface area (Å²) in [6.45, 7) is 13.9. The van der Waals surface area contributed by atoms with Gasteiger partial charge in [-0.05, 0) is 54.4 Å². The molecule has 0 bridgehead atoms. The third kappa shape index (κ3) is 26.4. The van der Waals surface area contributed by atoms with Crippen molar-refractivity contribution in [2.24, 2.45) is 0 Å². The van der Waals surface area contributed by atoms with E-state index in [1.54, 1.807) is 0 Å². The molecule has 0 spiro atoms. The van der Waals surface area contributed by atoms with E-state index >= 15 is 0 Å². The third-order valence-corrected chi connectivity index (χ3v) is 7.15. The predicted octanol–water partition coefficient (Wildman–Crippen LogP) is 8.95. The predicted molar refractivity (Wildman–Crippen MR) is 163 cm³/mol. The topological polar surface area (TPSA) is 76.7 Å². The molecule has 0 aliphatic carbocycles. The van der Waals surface area contributed by atoms with Gasteiger partial charge in [0.2, 0.25) is 0 Å². The van der Waals surface area contributed by atoms with E-state index in [-0.39, 0.29) is 5.25 Å². The Morgan fingerprint density at radius 2 is 1.03 bits per heavy atom. The van der Waals surface area contributed by atoms with E-state index in [2.05, 4.69) is 17.6 Å². The molecule has 8 heteroatoms. The zero-order valence-corrected chi connectivity index (χ0v) is 26.5. The Balaban J connectivity index is 4.22. The maximum atomic E-state index is 12.1. The third-order valence-electron chi connectivity index (χ3n) is 5.53. The van der Waals surface area contributed by atoms with Crippen molar-refractivity contribution in [3.05, 3.63) is 0 Å². The molecule has 6 nitrogen and oxygen atoms in total. The molecule has 0 saturated heterocycles. The normalized spacial score (nSPS) is 11.9. The number of unbranched alkanes of at least 4 members (excludes halogenated alkanes) is 12. The van der Waals surface area contributed by atoms with Crippen LogP contribution in [0, 0.1) is 0 Å². The van der Waals surface area contributed by atoms with Gasteiger partial charge in [0.15, 0.2) is 0 Å². The van der Waals surface area contributed by atoms with E-state index in [4.69, 9.17) is 21.7 Å². The summed E-state index contributed by atoms with van der Waals surface area (Å²) in [5, 5.41) is 5.50. The van der Waals surface area contributed by atoms with Gasteiger partial charge in [0.25, 0.3) is 0 Å². The highest BCUT2D eigenvalue weighted by atomic mass is 32.2. The maximum absolute atomic E-state index is 12.1. The molecule has 37 heavy (non-hydrogen) atoms. The lowest BCUT2D eigenvalue weighted by Crippen LogP contribution is -2.42. The molecule has 0 saturated carbocycles. The highest BCUT2D eigenvalue weighted by molar-refractivity contribution is 8.23. The molecule has 0 radical (unpaired) electrons. The number of alkyl carbamates (subject to hydrolysis) is 2. The molecule has 0 aromatic rings. The van der Waals surface area contributed by atoms with E-state index < -0.39 is 23.4 Å². The number of hydrogen-bond acceptors (Lipinski definition) is 6. The van der Waals surface area contributed by atoms with Crippen molar-refractivity contribution in [2.45, 2.75) is 155 Å². The van der Waals surface area contributed by atoms with Crippen molar-refractivity contribution in [3.8, 4) is 0 Å². The first kappa shape index (κ1) is 36.0. The van der Waals surface area contributed by atoms with Crippen molar-refractivity contribution in [3.63, 3.8) is 0 Å². The zero-order chi connectivity index (χ0) is 28.2. The highest BCUT2D eigenvalue weighted by Crippen LogP contribution is 2.19. The van der Waals surface area contributed by atoms with Gasteiger partial charge in [-0.15, -0.1) is 11.8 Å². The summed E-state index contributed by atoms with van der Waals surface area (Å²) in [4.78, 5) is 24.2. The van der Waals surface area contributed by atoms with E-state index in [1.165, 1.54) is 88.8 Å². The first-order valence-corrected chi connectivity index (χ1v) is 15.7. The Hall–Kier alpha value is -1.02. The number of hydrogen-bond donors (Lipinski definition) is 2. The summed E-state index contributed by atoms with van der Waals surface area (Å²) in [6, 6.07) is 0. The smallest absolute Gasteiger partial charge is 0.407 e. The second kappa shape index (κ2) is 20.9. The molecule has 0 heterocycles. The minimum Gasteiger partial charge on any atom is -0.444 e. The van der Waals surface area contributed by atoms with Crippen LogP contribution in [0.4, 0.5) is 9.59 Å². The Morgan fingerprint density at radius 1 is 0.676 bits per heavy atom. The molecule has 0 rings (SSSR count). The van der Waals surface area contributed by atoms with Gasteiger partial charge in [0.1, 0.15) is 11.2 Å². The van der Waals surface area contributed by atoms with Crippen LogP contribution in [0.15, 0.2) is 0 Å². The van der Waals surface area contributed by atoms with Crippen LogP contribution in [0.5, 0.6) is 0 Å². The van der Waals surface area contributed by atoms with Crippen molar-refractivity contribution in [1.29, 1.82) is 0 Å². The largest absolute Gasteiger partial charge is 0.444 e. The SMILES string of the molecule is CCCCCCCCCCCCCCCC(=S)SC(CNC(=O)OC(C)(C)C)CNC(=O)OC(C)(C)C. The van der Waals surface area contributed by atoms with Crippen molar-refractivity contribution in [1.82, 2.24) is 10.6 Å².